The highest BCUT2D eigenvalue weighted by Crippen LogP contribution is 2.25. The van der Waals surface area contributed by atoms with Gasteiger partial charge >= 0.3 is 0 Å². The minimum atomic E-state index is -0.0444. The lowest BCUT2D eigenvalue weighted by atomic mass is 10.2. The van der Waals surface area contributed by atoms with Gasteiger partial charge in [0.05, 0.1) is 10.6 Å². The van der Waals surface area contributed by atoms with Crippen LogP contribution >= 0.6 is 0 Å². The van der Waals surface area contributed by atoms with Crippen LogP contribution in [0, 0.1) is 0 Å². The molecule has 3 rings (SSSR count). The van der Waals surface area contributed by atoms with Gasteiger partial charge in [0.2, 0.25) is 0 Å². The first kappa shape index (κ1) is 10.4. The van der Waals surface area contributed by atoms with Gasteiger partial charge in [-0.25, -0.2) is 9.36 Å². The molecule has 84 valence electrons. The van der Waals surface area contributed by atoms with Crippen molar-refractivity contribution in [2.24, 2.45) is 4.99 Å². The molecule has 0 saturated carbocycles. The Kier molecular flexibility index (Phi) is 2.84. The van der Waals surface area contributed by atoms with Crippen LogP contribution in [0.3, 0.4) is 0 Å². The monoisotopic (exact) mass is 241 g/mol. The third-order valence-corrected chi connectivity index (χ3v) is 4.26. The second-order valence-corrected chi connectivity index (χ2v) is 5.46. The van der Waals surface area contributed by atoms with E-state index in [9.17, 15) is 0 Å². The fourth-order valence-corrected chi connectivity index (χ4v) is 3.24. The predicted octanol–water partition coefficient (Wildman–Crippen LogP) is 1.80. The maximum Gasteiger partial charge on any atom is 0.173 e. The SMILES string of the molecule is C1=Nc2ccccc2S1=[NH+]Cc1ccccc1. The van der Waals surface area contributed by atoms with Crippen LogP contribution in [0.1, 0.15) is 5.56 Å². The van der Waals surface area contributed by atoms with Crippen LogP contribution in [0.2, 0.25) is 0 Å². The molecule has 0 aromatic heterocycles. The number of benzene rings is 2. The largest absolute Gasteiger partial charge is 0.243 e. The number of hydrogen-bond acceptors (Lipinski definition) is 1. The van der Waals surface area contributed by atoms with E-state index in [4.69, 9.17) is 0 Å². The van der Waals surface area contributed by atoms with Crippen LogP contribution in [0.4, 0.5) is 5.69 Å². The summed E-state index contributed by atoms with van der Waals surface area (Å²) in [5.41, 5.74) is 4.40. The van der Waals surface area contributed by atoms with E-state index in [1.807, 2.05) is 17.7 Å². The zero-order valence-electron chi connectivity index (χ0n) is 9.34. The van der Waals surface area contributed by atoms with E-state index in [1.54, 1.807) is 0 Å². The summed E-state index contributed by atoms with van der Waals surface area (Å²) >= 11 is 0. The van der Waals surface area contributed by atoms with Crippen LogP contribution in [0.15, 0.2) is 64.5 Å². The second-order valence-electron chi connectivity index (χ2n) is 3.85. The Hall–Kier alpha value is -1.74. The molecule has 0 spiro atoms. The Labute approximate surface area is 103 Å². The maximum absolute atomic E-state index is 4.42. The van der Waals surface area contributed by atoms with E-state index in [1.165, 1.54) is 10.5 Å². The minimum absolute atomic E-state index is 0.0444. The molecule has 1 heterocycles. The summed E-state index contributed by atoms with van der Waals surface area (Å²) in [4.78, 5) is 5.71. The van der Waals surface area contributed by atoms with Crippen molar-refractivity contribution in [2.45, 2.75) is 11.4 Å². The molecular weight excluding hydrogens is 228 g/mol. The number of rotatable bonds is 2. The molecule has 0 saturated heterocycles. The number of hydrogen-bond donors (Lipinski definition) is 1. The molecule has 1 aliphatic rings. The molecule has 1 unspecified atom stereocenters. The summed E-state index contributed by atoms with van der Waals surface area (Å²) in [6.45, 7) is 0.879. The zero-order chi connectivity index (χ0) is 11.5. The van der Waals surface area contributed by atoms with Crippen LogP contribution in [-0.2, 0) is 17.2 Å². The molecule has 0 amide bonds. The highest BCUT2D eigenvalue weighted by molar-refractivity contribution is 7.98. The van der Waals surface area contributed by atoms with Crippen molar-refractivity contribution < 1.29 is 4.36 Å². The number of nitrogens with one attached hydrogen (secondary N) is 1. The van der Waals surface area contributed by atoms with Crippen molar-refractivity contribution in [1.82, 2.24) is 0 Å². The summed E-state index contributed by atoms with van der Waals surface area (Å²) in [7, 11) is -0.0444. The Bertz CT molecular complexity index is 588. The van der Waals surface area contributed by atoms with Gasteiger partial charge in [0.15, 0.2) is 6.54 Å². The summed E-state index contributed by atoms with van der Waals surface area (Å²) in [5.74, 6) is 0. The lowest BCUT2D eigenvalue weighted by molar-refractivity contribution is -0.445. The van der Waals surface area contributed by atoms with Crippen molar-refractivity contribution in [3.05, 3.63) is 60.2 Å². The van der Waals surface area contributed by atoms with Crippen molar-refractivity contribution in [1.29, 1.82) is 0 Å². The van der Waals surface area contributed by atoms with Gasteiger partial charge in [-0.05, 0) is 12.1 Å². The zero-order valence-corrected chi connectivity index (χ0v) is 10.2. The molecule has 17 heavy (non-hydrogen) atoms. The molecule has 2 aromatic rings. The third-order valence-electron chi connectivity index (χ3n) is 2.67. The topological polar surface area (TPSA) is 26.3 Å². The van der Waals surface area contributed by atoms with Crippen LogP contribution in [0.25, 0.3) is 0 Å². The van der Waals surface area contributed by atoms with Gasteiger partial charge in [-0.3, -0.25) is 0 Å². The van der Waals surface area contributed by atoms with E-state index in [2.05, 4.69) is 51.8 Å². The van der Waals surface area contributed by atoms with Gasteiger partial charge in [-0.15, -0.1) is 0 Å². The van der Waals surface area contributed by atoms with E-state index < -0.39 is 0 Å². The number of aliphatic imine (C=N–C) groups is 1. The van der Waals surface area contributed by atoms with E-state index in [0.29, 0.717) is 0 Å². The lowest BCUT2D eigenvalue weighted by Crippen LogP contribution is -2.68. The number of para-hydroxylation sites is 1. The summed E-state index contributed by atoms with van der Waals surface area (Å²) < 4.78 is 3.53. The molecule has 0 fully saturated rings. The highest BCUT2D eigenvalue weighted by Gasteiger charge is 2.15. The van der Waals surface area contributed by atoms with Gasteiger partial charge in [0.25, 0.3) is 0 Å². The normalized spacial score (nSPS) is 17.3. The quantitative estimate of drug-likeness (QED) is 0.830. The van der Waals surface area contributed by atoms with Gasteiger partial charge in [-0.2, -0.15) is 0 Å². The van der Waals surface area contributed by atoms with Crippen molar-refractivity contribution >= 4 is 21.9 Å². The van der Waals surface area contributed by atoms with Crippen molar-refractivity contribution in [2.75, 3.05) is 0 Å². The van der Waals surface area contributed by atoms with Gasteiger partial charge in [-0.1, -0.05) is 42.5 Å². The Morgan fingerprint density at radius 3 is 2.59 bits per heavy atom. The molecule has 1 N–H and O–H groups in total. The molecule has 0 aliphatic carbocycles. The molecular formula is C14H13N2S+. The average Bonchev–Trinajstić information content (AvgIpc) is 2.81. The standard InChI is InChI=1S/C14H12N2S/c1-2-6-12(7-3-1)10-16-17-11-15-13-8-4-5-9-14(13)17/h1-9,11H,10H2/p+1. The molecule has 2 aromatic carbocycles. The first-order chi connectivity index (χ1) is 8.43. The summed E-state index contributed by atoms with van der Waals surface area (Å²) in [5, 5.41) is 0. The first-order valence-corrected chi connectivity index (χ1v) is 6.86. The fraction of sp³-hybridized carbons (Fsp3) is 0.0714. The maximum atomic E-state index is 4.42. The molecule has 0 radical (unpaired) electrons. The summed E-state index contributed by atoms with van der Waals surface area (Å²) in [6, 6.07) is 18.7. The Morgan fingerprint density at radius 2 is 1.71 bits per heavy atom. The van der Waals surface area contributed by atoms with Crippen LogP contribution in [-0.4, -0.2) is 5.55 Å². The number of nitrogens with zero attached hydrogens (tertiary/aromatic N) is 1. The smallest absolute Gasteiger partial charge is 0.173 e. The molecule has 2 nitrogen and oxygen atoms in total. The van der Waals surface area contributed by atoms with E-state index >= 15 is 0 Å². The molecule has 3 heteroatoms. The van der Waals surface area contributed by atoms with Crippen molar-refractivity contribution in [3.8, 4) is 0 Å². The fourth-order valence-electron chi connectivity index (χ4n) is 1.79. The first-order valence-electron chi connectivity index (χ1n) is 5.57. The average molecular weight is 241 g/mol. The molecule has 1 atom stereocenters. The highest BCUT2D eigenvalue weighted by atomic mass is 32.2. The van der Waals surface area contributed by atoms with Crippen molar-refractivity contribution in [3.63, 3.8) is 0 Å². The van der Waals surface area contributed by atoms with Crippen LogP contribution < -0.4 is 4.36 Å². The van der Waals surface area contributed by atoms with Gasteiger partial charge in [0.1, 0.15) is 16.2 Å². The van der Waals surface area contributed by atoms with E-state index in [0.717, 1.165) is 12.2 Å². The molecule has 1 aliphatic heterocycles. The third kappa shape index (κ3) is 2.19. The Balaban J connectivity index is 1.86. The second kappa shape index (κ2) is 4.63. The minimum Gasteiger partial charge on any atom is -0.243 e. The number of fused-ring (bicyclic) bond motifs is 1. The molecule has 0 bridgehead atoms. The van der Waals surface area contributed by atoms with Gasteiger partial charge < -0.3 is 0 Å². The lowest BCUT2D eigenvalue weighted by Gasteiger charge is -1.95. The van der Waals surface area contributed by atoms with Gasteiger partial charge in [0, 0.05) is 5.56 Å². The predicted molar refractivity (Wildman–Crippen MR) is 71.3 cm³/mol. The van der Waals surface area contributed by atoms with Crippen LogP contribution in [0.5, 0.6) is 0 Å². The Morgan fingerprint density at radius 1 is 0.941 bits per heavy atom. The van der Waals surface area contributed by atoms with E-state index in [-0.39, 0.29) is 10.7 Å². The summed E-state index contributed by atoms with van der Waals surface area (Å²) in [6.07, 6.45) is 0.